The summed E-state index contributed by atoms with van der Waals surface area (Å²) >= 11 is 1.55. The summed E-state index contributed by atoms with van der Waals surface area (Å²) in [7, 11) is 0. The molecule has 0 aromatic heterocycles. The Bertz CT molecular complexity index is 457. The van der Waals surface area contributed by atoms with E-state index in [1.165, 1.54) is 0 Å². The van der Waals surface area contributed by atoms with E-state index < -0.39 is 0 Å². The third kappa shape index (κ3) is 4.78. The molecule has 3 N–H and O–H groups in total. The van der Waals surface area contributed by atoms with Gasteiger partial charge in [0.2, 0.25) is 5.91 Å². The first kappa shape index (κ1) is 15.9. The number of hydrogen-bond acceptors (Lipinski definition) is 3. The van der Waals surface area contributed by atoms with Crippen LogP contribution in [0, 0.1) is 6.92 Å². The minimum Gasteiger partial charge on any atom is -0.399 e. The SMILES string of the molecule is CCC(C)(C)NC(=O)C(C)Sc1cc(N)ccc1C. The van der Waals surface area contributed by atoms with Crippen LogP contribution in [0.15, 0.2) is 23.1 Å². The number of thioether (sulfide) groups is 1. The van der Waals surface area contributed by atoms with Gasteiger partial charge in [-0.1, -0.05) is 13.0 Å². The first-order valence-corrected chi connectivity index (χ1v) is 7.48. The van der Waals surface area contributed by atoms with Crippen molar-refractivity contribution in [2.45, 2.75) is 56.7 Å². The Balaban J connectivity index is 2.71. The van der Waals surface area contributed by atoms with Crippen LogP contribution in [-0.4, -0.2) is 16.7 Å². The maximum Gasteiger partial charge on any atom is 0.233 e. The molecule has 0 bridgehead atoms. The van der Waals surface area contributed by atoms with E-state index in [0.717, 1.165) is 22.6 Å². The predicted molar refractivity (Wildman–Crippen MR) is 83.4 cm³/mol. The van der Waals surface area contributed by atoms with Crippen molar-refractivity contribution in [1.82, 2.24) is 5.32 Å². The van der Waals surface area contributed by atoms with E-state index in [0.29, 0.717) is 0 Å². The number of rotatable bonds is 5. The molecule has 106 valence electrons. The molecule has 0 saturated carbocycles. The molecule has 1 unspecified atom stereocenters. The Morgan fingerprint density at radius 3 is 2.68 bits per heavy atom. The predicted octanol–water partition coefficient (Wildman–Crippen LogP) is 3.36. The molecule has 1 rings (SSSR count). The average molecular weight is 280 g/mol. The standard InChI is InChI=1S/C15H24N2OS/c1-6-15(4,5)17-14(18)11(3)19-13-9-12(16)8-7-10(13)2/h7-9,11H,6,16H2,1-5H3,(H,17,18). The molecule has 0 aliphatic carbocycles. The summed E-state index contributed by atoms with van der Waals surface area (Å²) in [4.78, 5) is 13.2. The van der Waals surface area contributed by atoms with Crippen LogP contribution in [0.1, 0.15) is 39.7 Å². The number of carbonyl (C=O) groups is 1. The van der Waals surface area contributed by atoms with E-state index >= 15 is 0 Å². The first-order valence-electron chi connectivity index (χ1n) is 6.60. The summed E-state index contributed by atoms with van der Waals surface area (Å²) in [6.45, 7) is 10.1. The second-order valence-corrected chi connectivity index (χ2v) is 6.89. The van der Waals surface area contributed by atoms with Crippen LogP contribution in [0.25, 0.3) is 0 Å². The molecule has 0 aliphatic rings. The minimum atomic E-state index is -0.156. The van der Waals surface area contributed by atoms with E-state index in [4.69, 9.17) is 5.73 Å². The van der Waals surface area contributed by atoms with Crippen molar-refractivity contribution in [1.29, 1.82) is 0 Å². The van der Waals surface area contributed by atoms with Crippen molar-refractivity contribution >= 4 is 23.4 Å². The van der Waals surface area contributed by atoms with Gasteiger partial charge in [-0.25, -0.2) is 0 Å². The van der Waals surface area contributed by atoms with Crippen LogP contribution in [0.4, 0.5) is 5.69 Å². The summed E-state index contributed by atoms with van der Waals surface area (Å²) < 4.78 is 0. The lowest BCUT2D eigenvalue weighted by atomic mass is 10.0. The summed E-state index contributed by atoms with van der Waals surface area (Å²) in [5.74, 6) is 0.0682. The Morgan fingerprint density at radius 1 is 1.47 bits per heavy atom. The fourth-order valence-electron chi connectivity index (χ4n) is 1.51. The highest BCUT2D eigenvalue weighted by Gasteiger charge is 2.22. The highest BCUT2D eigenvalue weighted by molar-refractivity contribution is 8.00. The lowest BCUT2D eigenvalue weighted by molar-refractivity contribution is -0.121. The summed E-state index contributed by atoms with van der Waals surface area (Å²) in [5, 5.41) is 2.94. The number of nitrogens with one attached hydrogen (secondary N) is 1. The Labute approximate surface area is 120 Å². The smallest absolute Gasteiger partial charge is 0.233 e. The highest BCUT2D eigenvalue weighted by Crippen LogP contribution is 2.28. The molecule has 0 radical (unpaired) electrons. The van der Waals surface area contributed by atoms with E-state index in [-0.39, 0.29) is 16.7 Å². The molecule has 0 aliphatic heterocycles. The van der Waals surface area contributed by atoms with Crippen LogP contribution in [0.2, 0.25) is 0 Å². The van der Waals surface area contributed by atoms with Gasteiger partial charge in [0.15, 0.2) is 0 Å². The molecule has 1 atom stereocenters. The number of hydrogen-bond donors (Lipinski definition) is 2. The van der Waals surface area contributed by atoms with Gasteiger partial charge in [0.25, 0.3) is 0 Å². The van der Waals surface area contributed by atoms with E-state index in [9.17, 15) is 4.79 Å². The van der Waals surface area contributed by atoms with Gasteiger partial charge in [0.05, 0.1) is 5.25 Å². The van der Waals surface area contributed by atoms with E-state index in [2.05, 4.69) is 12.2 Å². The lowest BCUT2D eigenvalue weighted by Gasteiger charge is -2.26. The molecule has 1 amide bonds. The Morgan fingerprint density at radius 2 is 2.11 bits per heavy atom. The number of benzene rings is 1. The number of carbonyl (C=O) groups excluding carboxylic acids is 1. The van der Waals surface area contributed by atoms with E-state index in [1.54, 1.807) is 11.8 Å². The molecule has 0 fully saturated rings. The van der Waals surface area contributed by atoms with Gasteiger partial charge in [0, 0.05) is 16.1 Å². The van der Waals surface area contributed by atoms with E-state index in [1.807, 2.05) is 45.9 Å². The minimum absolute atomic E-state index is 0.0682. The molecule has 3 nitrogen and oxygen atoms in total. The monoisotopic (exact) mass is 280 g/mol. The van der Waals surface area contributed by atoms with Crippen LogP contribution in [0.3, 0.4) is 0 Å². The fraction of sp³-hybridized carbons (Fsp3) is 0.533. The van der Waals surface area contributed by atoms with Crippen molar-refractivity contribution in [2.75, 3.05) is 5.73 Å². The van der Waals surface area contributed by atoms with Gasteiger partial charge >= 0.3 is 0 Å². The van der Waals surface area contributed by atoms with Crippen molar-refractivity contribution < 1.29 is 4.79 Å². The largest absolute Gasteiger partial charge is 0.399 e. The summed E-state index contributed by atoms with van der Waals surface area (Å²) in [6, 6.07) is 5.79. The van der Waals surface area contributed by atoms with Gasteiger partial charge < -0.3 is 11.1 Å². The fourth-order valence-corrected chi connectivity index (χ4v) is 2.52. The van der Waals surface area contributed by atoms with Gasteiger partial charge in [-0.05, 0) is 51.8 Å². The number of aryl methyl sites for hydroxylation is 1. The quantitative estimate of drug-likeness (QED) is 0.642. The molecule has 4 heteroatoms. The maximum atomic E-state index is 12.2. The molecule has 1 aromatic carbocycles. The van der Waals surface area contributed by atoms with Crippen molar-refractivity contribution in [2.24, 2.45) is 0 Å². The molecular formula is C15H24N2OS. The number of nitrogens with two attached hydrogens (primary N) is 1. The average Bonchev–Trinajstić information content (AvgIpc) is 2.33. The zero-order valence-corrected chi connectivity index (χ0v) is 13.2. The topological polar surface area (TPSA) is 55.1 Å². The third-order valence-corrected chi connectivity index (χ3v) is 4.49. The van der Waals surface area contributed by atoms with Crippen molar-refractivity contribution in [3.63, 3.8) is 0 Å². The second-order valence-electron chi connectivity index (χ2n) is 5.51. The van der Waals surface area contributed by atoms with Crippen molar-refractivity contribution in [3.8, 4) is 0 Å². The molecular weight excluding hydrogens is 256 g/mol. The Kier molecular flexibility index (Phi) is 5.29. The highest BCUT2D eigenvalue weighted by atomic mass is 32.2. The van der Waals surface area contributed by atoms with Gasteiger partial charge in [-0.15, -0.1) is 11.8 Å². The zero-order valence-electron chi connectivity index (χ0n) is 12.4. The van der Waals surface area contributed by atoms with Gasteiger partial charge in [0.1, 0.15) is 0 Å². The van der Waals surface area contributed by atoms with Crippen LogP contribution < -0.4 is 11.1 Å². The second kappa shape index (κ2) is 6.33. The summed E-state index contributed by atoms with van der Waals surface area (Å²) in [5.41, 5.74) is 7.51. The number of nitrogen functional groups attached to an aromatic ring is 1. The lowest BCUT2D eigenvalue weighted by Crippen LogP contribution is -2.46. The number of anilines is 1. The molecule has 0 spiro atoms. The molecule has 0 saturated heterocycles. The molecule has 0 heterocycles. The van der Waals surface area contributed by atoms with Gasteiger partial charge in [-0.3, -0.25) is 4.79 Å². The Hall–Kier alpha value is -1.16. The third-order valence-electron chi connectivity index (χ3n) is 3.23. The first-order chi connectivity index (χ1) is 8.75. The van der Waals surface area contributed by atoms with Crippen molar-refractivity contribution in [3.05, 3.63) is 23.8 Å². The normalized spacial score (nSPS) is 13.1. The zero-order chi connectivity index (χ0) is 14.6. The van der Waals surface area contributed by atoms with Gasteiger partial charge in [-0.2, -0.15) is 0 Å². The molecule has 1 aromatic rings. The number of amides is 1. The van der Waals surface area contributed by atoms with Crippen LogP contribution in [0.5, 0.6) is 0 Å². The molecule has 19 heavy (non-hydrogen) atoms. The van der Waals surface area contributed by atoms with Crippen LogP contribution >= 0.6 is 11.8 Å². The summed E-state index contributed by atoms with van der Waals surface area (Å²) in [6.07, 6.45) is 0.910. The maximum absolute atomic E-state index is 12.2. The van der Waals surface area contributed by atoms with Crippen LogP contribution in [-0.2, 0) is 4.79 Å².